The highest BCUT2D eigenvalue weighted by Gasteiger charge is 2.07. The maximum atomic E-state index is 11.8. The van der Waals surface area contributed by atoms with Gasteiger partial charge >= 0.3 is 0 Å². The molecule has 5 heteroatoms. The van der Waals surface area contributed by atoms with Crippen molar-refractivity contribution in [3.05, 3.63) is 18.3 Å². The predicted octanol–water partition coefficient (Wildman–Crippen LogP) is 2.33. The van der Waals surface area contributed by atoms with Gasteiger partial charge in [0.15, 0.2) is 0 Å². The van der Waals surface area contributed by atoms with Crippen molar-refractivity contribution in [1.82, 2.24) is 4.98 Å². The SMILES string of the molecule is CCOc1ncccc1NC(=O)CCCCCCN. The molecule has 0 saturated heterocycles. The summed E-state index contributed by atoms with van der Waals surface area (Å²) in [7, 11) is 0. The van der Waals surface area contributed by atoms with Crippen molar-refractivity contribution >= 4 is 11.6 Å². The molecule has 1 rings (SSSR count). The molecule has 0 aromatic carbocycles. The number of aromatic nitrogens is 1. The molecule has 1 heterocycles. The van der Waals surface area contributed by atoms with E-state index in [1.165, 1.54) is 0 Å². The maximum absolute atomic E-state index is 11.8. The van der Waals surface area contributed by atoms with Gasteiger partial charge in [0.1, 0.15) is 5.69 Å². The van der Waals surface area contributed by atoms with Gasteiger partial charge in [-0.1, -0.05) is 12.8 Å². The van der Waals surface area contributed by atoms with Crippen LogP contribution in [0.25, 0.3) is 0 Å². The van der Waals surface area contributed by atoms with Crippen LogP contribution in [0.15, 0.2) is 18.3 Å². The quantitative estimate of drug-likeness (QED) is 0.672. The van der Waals surface area contributed by atoms with E-state index in [0.717, 1.165) is 32.2 Å². The minimum atomic E-state index is 0.00158. The van der Waals surface area contributed by atoms with E-state index < -0.39 is 0 Å². The number of carbonyl (C=O) groups excluding carboxylic acids is 1. The minimum absolute atomic E-state index is 0.00158. The Balaban J connectivity index is 2.35. The molecule has 0 aliphatic rings. The molecular formula is C14H23N3O2. The number of hydrogen-bond donors (Lipinski definition) is 2. The molecule has 1 aromatic rings. The molecular weight excluding hydrogens is 242 g/mol. The molecule has 5 nitrogen and oxygen atoms in total. The second-order valence-electron chi connectivity index (χ2n) is 4.29. The third-order valence-corrected chi connectivity index (χ3v) is 2.68. The summed E-state index contributed by atoms with van der Waals surface area (Å²) >= 11 is 0. The number of carbonyl (C=O) groups is 1. The van der Waals surface area contributed by atoms with Crippen LogP contribution in [-0.4, -0.2) is 24.0 Å². The number of unbranched alkanes of at least 4 members (excludes halogenated alkanes) is 3. The van der Waals surface area contributed by atoms with Crippen LogP contribution in [0.3, 0.4) is 0 Å². The van der Waals surface area contributed by atoms with Crippen LogP contribution in [-0.2, 0) is 4.79 Å². The van der Waals surface area contributed by atoms with E-state index in [4.69, 9.17) is 10.5 Å². The zero-order chi connectivity index (χ0) is 13.9. The van der Waals surface area contributed by atoms with Gasteiger partial charge in [-0.3, -0.25) is 4.79 Å². The van der Waals surface area contributed by atoms with Crippen molar-refractivity contribution in [2.75, 3.05) is 18.5 Å². The Bertz CT molecular complexity index is 383. The zero-order valence-electron chi connectivity index (χ0n) is 11.5. The monoisotopic (exact) mass is 265 g/mol. The number of amides is 1. The first-order valence-electron chi connectivity index (χ1n) is 6.85. The first-order valence-corrected chi connectivity index (χ1v) is 6.85. The average Bonchev–Trinajstić information content (AvgIpc) is 2.41. The predicted molar refractivity (Wildman–Crippen MR) is 76.2 cm³/mol. The number of hydrogen-bond acceptors (Lipinski definition) is 4. The normalized spacial score (nSPS) is 10.2. The molecule has 3 N–H and O–H groups in total. The smallest absolute Gasteiger partial charge is 0.237 e. The van der Waals surface area contributed by atoms with Gasteiger partial charge in [-0.05, 0) is 38.4 Å². The number of ether oxygens (including phenoxy) is 1. The zero-order valence-corrected chi connectivity index (χ0v) is 11.5. The van der Waals surface area contributed by atoms with Crippen LogP contribution in [0.2, 0.25) is 0 Å². The molecule has 19 heavy (non-hydrogen) atoms. The fourth-order valence-corrected chi connectivity index (χ4v) is 1.73. The number of nitrogens with two attached hydrogens (primary N) is 1. The molecule has 0 aliphatic heterocycles. The highest BCUT2D eigenvalue weighted by Crippen LogP contribution is 2.20. The summed E-state index contributed by atoms with van der Waals surface area (Å²) in [5.41, 5.74) is 6.05. The van der Waals surface area contributed by atoms with Crippen LogP contribution in [0.5, 0.6) is 5.88 Å². The first-order chi connectivity index (χ1) is 9.27. The second-order valence-corrected chi connectivity index (χ2v) is 4.29. The third-order valence-electron chi connectivity index (χ3n) is 2.68. The lowest BCUT2D eigenvalue weighted by atomic mass is 10.1. The van der Waals surface area contributed by atoms with Crippen molar-refractivity contribution in [2.45, 2.75) is 39.0 Å². The van der Waals surface area contributed by atoms with Crippen molar-refractivity contribution in [2.24, 2.45) is 5.73 Å². The molecule has 0 saturated carbocycles. The third kappa shape index (κ3) is 6.20. The van der Waals surface area contributed by atoms with E-state index in [9.17, 15) is 4.79 Å². The van der Waals surface area contributed by atoms with E-state index in [1.807, 2.05) is 6.92 Å². The van der Waals surface area contributed by atoms with Gasteiger partial charge in [0.05, 0.1) is 6.61 Å². The van der Waals surface area contributed by atoms with Gasteiger partial charge in [-0.15, -0.1) is 0 Å². The number of pyridine rings is 1. The minimum Gasteiger partial charge on any atom is -0.476 e. The van der Waals surface area contributed by atoms with Gasteiger partial charge in [0, 0.05) is 12.6 Å². The Morgan fingerprint density at radius 1 is 1.37 bits per heavy atom. The summed E-state index contributed by atoms with van der Waals surface area (Å²) in [5.74, 6) is 0.475. The van der Waals surface area contributed by atoms with Crippen LogP contribution >= 0.6 is 0 Å². The largest absolute Gasteiger partial charge is 0.476 e. The Morgan fingerprint density at radius 3 is 2.89 bits per heavy atom. The van der Waals surface area contributed by atoms with Gasteiger partial charge < -0.3 is 15.8 Å². The van der Waals surface area contributed by atoms with E-state index >= 15 is 0 Å². The molecule has 0 radical (unpaired) electrons. The van der Waals surface area contributed by atoms with Gasteiger partial charge in [0.25, 0.3) is 0 Å². The molecule has 1 aromatic heterocycles. The van der Waals surface area contributed by atoms with Crippen molar-refractivity contribution in [1.29, 1.82) is 0 Å². The van der Waals surface area contributed by atoms with Crippen molar-refractivity contribution in [3.63, 3.8) is 0 Å². The summed E-state index contributed by atoms with van der Waals surface area (Å²) in [6, 6.07) is 3.57. The fraction of sp³-hybridized carbons (Fsp3) is 0.571. The summed E-state index contributed by atoms with van der Waals surface area (Å²) in [4.78, 5) is 15.9. The topological polar surface area (TPSA) is 77.2 Å². The molecule has 0 unspecified atom stereocenters. The van der Waals surface area contributed by atoms with E-state index in [0.29, 0.717) is 24.6 Å². The van der Waals surface area contributed by atoms with Crippen LogP contribution in [0, 0.1) is 0 Å². The van der Waals surface area contributed by atoms with E-state index in [2.05, 4.69) is 10.3 Å². The lowest BCUT2D eigenvalue weighted by Crippen LogP contribution is -2.12. The van der Waals surface area contributed by atoms with Crippen LogP contribution < -0.4 is 15.8 Å². The molecule has 1 amide bonds. The van der Waals surface area contributed by atoms with Crippen molar-refractivity contribution < 1.29 is 9.53 Å². The second kappa shape index (κ2) is 9.33. The van der Waals surface area contributed by atoms with Gasteiger partial charge in [-0.25, -0.2) is 4.98 Å². The Hall–Kier alpha value is -1.62. The lowest BCUT2D eigenvalue weighted by Gasteiger charge is -2.09. The van der Waals surface area contributed by atoms with E-state index in [1.54, 1.807) is 18.3 Å². The summed E-state index contributed by atoms with van der Waals surface area (Å²) < 4.78 is 5.36. The number of rotatable bonds is 9. The number of nitrogens with one attached hydrogen (secondary N) is 1. The molecule has 0 aliphatic carbocycles. The standard InChI is InChI=1S/C14H23N3O2/c1-2-19-14-12(8-7-11-16-14)17-13(18)9-5-3-4-6-10-15/h7-8,11H,2-6,9-10,15H2,1H3,(H,17,18). The molecule has 0 bridgehead atoms. The molecule has 0 fully saturated rings. The molecule has 0 spiro atoms. The number of nitrogens with zero attached hydrogens (tertiary/aromatic N) is 1. The van der Waals surface area contributed by atoms with Crippen LogP contribution in [0.1, 0.15) is 39.0 Å². The summed E-state index contributed by atoms with van der Waals surface area (Å²) in [5, 5.41) is 2.84. The van der Waals surface area contributed by atoms with Gasteiger partial charge in [0.2, 0.25) is 11.8 Å². The summed E-state index contributed by atoms with van der Waals surface area (Å²) in [6.07, 6.45) is 6.20. The Labute approximate surface area is 114 Å². The average molecular weight is 265 g/mol. The van der Waals surface area contributed by atoms with Crippen LogP contribution in [0.4, 0.5) is 5.69 Å². The van der Waals surface area contributed by atoms with Gasteiger partial charge in [-0.2, -0.15) is 0 Å². The maximum Gasteiger partial charge on any atom is 0.237 e. The Kier molecular flexibility index (Phi) is 7.58. The molecule has 106 valence electrons. The van der Waals surface area contributed by atoms with E-state index in [-0.39, 0.29) is 5.91 Å². The molecule has 0 atom stereocenters. The highest BCUT2D eigenvalue weighted by molar-refractivity contribution is 5.91. The Morgan fingerprint density at radius 2 is 2.16 bits per heavy atom. The summed E-state index contributed by atoms with van der Waals surface area (Å²) in [6.45, 7) is 3.14. The highest BCUT2D eigenvalue weighted by atomic mass is 16.5. The lowest BCUT2D eigenvalue weighted by molar-refractivity contribution is -0.116. The fourth-order valence-electron chi connectivity index (χ4n) is 1.73. The first kappa shape index (κ1) is 15.4. The van der Waals surface area contributed by atoms with Crippen molar-refractivity contribution in [3.8, 4) is 5.88 Å². The number of anilines is 1.